The molecular formula is C24H29ClO2. The largest absolute Gasteiger partial charge is 0.462 e. The lowest BCUT2D eigenvalue weighted by Gasteiger charge is -2.24. The van der Waals surface area contributed by atoms with Crippen LogP contribution in [0.2, 0.25) is 5.02 Å². The van der Waals surface area contributed by atoms with Crippen molar-refractivity contribution in [2.45, 2.75) is 53.9 Å². The lowest BCUT2D eigenvalue weighted by Crippen LogP contribution is -2.19. The van der Waals surface area contributed by atoms with Crippen molar-refractivity contribution in [2.24, 2.45) is 10.8 Å². The van der Waals surface area contributed by atoms with Gasteiger partial charge in [0.25, 0.3) is 0 Å². The average molecular weight is 385 g/mol. The minimum atomic E-state index is -0.188. The van der Waals surface area contributed by atoms with Crippen LogP contribution in [0.1, 0.15) is 59.4 Å². The van der Waals surface area contributed by atoms with Crippen LogP contribution in [-0.2, 0) is 9.53 Å². The van der Waals surface area contributed by atoms with Crippen molar-refractivity contribution in [2.75, 3.05) is 6.61 Å². The van der Waals surface area contributed by atoms with Gasteiger partial charge in [0.05, 0.1) is 6.61 Å². The molecule has 144 valence electrons. The highest BCUT2D eigenvalue weighted by molar-refractivity contribution is 6.30. The van der Waals surface area contributed by atoms with E-state index in [-0.39, 0.29) is 16.8 Å². The van der Waals surface area contributed by atoms with Gasteiger partial charge in [0.1, 0.15) is 0 Å². The zero-order chi connectivity index (χ0) is 20.1. The molecule has 2 nitrogen and oxygen atoms in total. The van der Waals surface area contributed by atoms with Gasteiger partial charge in [-0.3, -0.25) is 0 Å². The molecule has 1 aromatic carbocycles. The number of benzene rings is 1. The highest BCUT2D eigenvalue weighted by Crippen LogP contribution is 2.38. The molecule has 2 rings (SSSR count). The zero-order valence-corrected chi connectivity index (χ0v) is 17.7. The van der Waals surface area contributed by atoms with Crippen LogP contribution in [-0.4, -0.2) is 12.6 Å². The maximum absolute atomic E-state index is 12.4. The third-order valence-corrected chi connectivity index (χ3v) is 4.81. The van der Waals surface area contributed by atoms with Crippen molar-refractivity contribution < 1.29 is 9.53 Å². The Kier molecular flexibility index (Phi) is 6.95. The molecule has 27 heavy (non-hydrogen) atoms. The summed E-state index contributed by atoms with van der Waals surface area (Å²) < 4.78 is 5.49. The predicted molar refractivity (Wildman–Crippen MR) is 113 cm³/mol. The fourth-order valence-electron chi connectivity index (χ4n) is 2.82. The second-order valence-electron chi connectivity index (χ2n) is 8.90. The smallest absolute Gasteiger partial charge is 0.333 e. The van der Waals surface area contributed by atoms with E-state index in [9.17, 15) is 4.79 Å². The monoisotopic (exact) mass is 384 g/mol. The Labute approximate surface area is 168 Å². The molecule has 0 saturated heterocycles. The van der Waals surface area contributed by atoms with Crippen LogP contribution in [0.5, 0.6) is 0 Å². The minimum absolute atomic E-state index is 0.0266. The summed E-state index contributed by atoms with van der Waals surface area (Å²) in [7, 11) is 0. The van der Waals surface area contributed by atoms with Crippen LogP contribution in [0.15, 0.2) is 47.6 Å². The summed E-state index contributed by atoms with van der Waals surface area (Å²) >= 11 is 6.00. The number of carbonyl (C=O) groups excluding carboxylic acids is 1. The van der Waals surface area contributed by atoms with Crippen molar-refractivity contribution in [3.05, 3.63) is 58.1 Å². The minimum Gasteiger partial charge on any atom is -0.462 e. The van der Waals surface area contributed by atoms with Crippen molar-refractivity contribution in [1.82, 2.24) is 0 Å². The highest BCUT2D eigenvalue weighted by atomic mass is 35.5. The highest BCUT2D eigenvalue weighted by Gasteiger charge is 2.27. The standard InChI is InChI=1S/C24H29ClO2/c1-23(2,3)17-27-22(26)19-12-13-20(24(4,5)15-14-19)10-6-8-18-9-7-11-21(25)16-18/h7,9-11,14,16H,12-13,15,17H2,1-5H3/b20-10+. The van der Waals surface area contributed by atoms with Crippen LogP contribution in [0.25, 0.3) is 0 Å². The van der Waals surface area contributed by atoms with Gasteiger partial charge >= 0.3 is 5.97 Å². The van der Waals surface area contributed by atoms with Crippen molar-refractivity contribution >= 4 is 17.6 Å². The number of halogens is 1. The topological polar surface area (TPSA) is 26.3 Å². The second kappa shape index (κ2) is 8.81. The zero-order valence-electron chi connectivity index (χ0n) is 17.0. The van der Waals surface area contributed by atoms with E-state index in [1.165, 1.54) is 5.57 Å². The molecule has 0 N–H and O–H groups in total. The van der Waals surface area contributed by atoms with Crippen LogP contribution < -0.4 is 0 Å². The Morgan fingerprint density at radius 1 is 1.30 bits per heavy atom. The molecule has 1 aliphatic rings. The Morgan fingerprint density at radius 3 is 2.70 bits per heavy atom. The predicted octanol–water partition coefficient (Wildman–Crippen LogP) is 6.34. The van der Waals surface area contributed by atoms with Crippen LogP contribution in [0, 0.1) is 22.7 Å². The van der Waals surface area contributed by atoms with E-state index in [4.69, 9.17) is 16.3 Å². The van der Waals surface area contributed by atoms with Gasteiger partial charge in [-0.1, -0.05) is 75.8 Å². The first-order valence-corrected chi connectivity index (χ1v) is 9.77. The third-order valence-electron chi connectivity index (χ3n) is 4.58. The molecule has 1 aromatic rings. The van der Waals surface area contributed by atoms with Crippen LogP contribution >= 0.6 is 11.6 Å². The lowest BCUT2D eigenvalue weighted by atomic mass is 9.80. The van der Waals surface area contributed by atoms with Gasteiger partial charge in [0.2, 0.25) is 0 Å². The summed E-state index contributed by atoms with van der Waals surface area (Å²) in [6.45, 7) is 11.0. The molecule has 1 aliphatic carbocycles. The first-order valence-electron chi connectivity index (χ1n) is 9.40. The molecule has 0 aromatic heterocycles. The van der Waals surface area contributed by atoms with E-state index in [1.54, 1.807) is 0 Å². The molecule has 0 spiro atoms. The van der Waals surface area contributed by atoms with E-state index < -0.39 is 0 Å². The number of hydrogen-bond acceptors (Lipinski definition) is 2. The van der Waals surface area contributed by atoms with Gasteiger partial charge in [0.15, 0.2) is 0 Å². The normalized spacial score (nSPS) is 18.1. The van der Waals surface area contributed by atoms with Crippen LogP contribution in [0.4, 0.5) is 0 Å². The maximum atomic E-state index is 12.4. The summed E-state index contributed by atoms with van der Waals surface area (Å²) in [5, 5.41) is 0.687. The van der Waals surface area contributed by atoms with Crippen molar-refractivity contribution in [1.29, 1.82) is 0 Å². The van der Waals surface area contributed by atoms with Crippen LogP contribution in [0.3, 0.4) is 0 Å². The summed E-state index contributed by atoms with van der Waals surface area (Å²) in [4.78, 5) is 12.4. The molecular weight excluding hydrogens is 356 g/mol. The molecule has 0 amide bonds. The molecule has 0 radical (unpaired) electrons. The van der Waals surface area contributed by atoms with Gasteiger partial charge < -0.3 is 4.74 Å². The summed E-state index contributed by atoms with van der Waals surface area (Å²) in [5.41, 5.74) is 2.87. The number of hydrogen-bond donors (Lipinski definition) is 0. The Hall–Kier alpha value is -1.98. The Morgan fingerprint density at radius 2 is 2.04 bits per heavy atom. The number of carbonyl (C=O) groups is 1. The van der Waals surface area contributed by atoms with E-state index >= 15 is 0 Å². The molecule has 0 unspecified atom stereocenters. The summed E-state index contributed by atoms with van der Waals surface area (Å²) in [5.74, 6) is 6.12. The SMILES string of the molecule is CC(C)(C)COC(=O)C1=CCC(C)(C)/C(=C/C#Cc2cccc(Cl)c2)CC1. The summed E-state index contributed by atoms with van der Waals surface area (Å²) in [6.07, 6.45) is 6.34. The molecule has 0 fully saturated rings. The fourth-order valence-corrected chi connectivity index (χ4v) is 3.01. The van der Waals surface area contributed by atoms with Gasteiger partial charge in [-0.05, 0) is 54.4 Å². The number of rotatable bonds is 2. The third kappa shape index (κ3) is 6.92. The first-order chi connectivity index (χ1) is 12.6. The van der Waals surface area contributed by atoms with Crippen molar-refractivity contribution in [3.63, 3.8) is 0 Å². The fraction of sp³-hybridized carbons (Fsp3) is 0.458. The first kappa shape index (κ1) is 21.3. The van der Waals surface area contributed by atoms with E-state index in [2.05, 4.69) is 46.5 Å². The number of ether oxygens (including phenoxy) is 1. The van der Waals surface area contributed by atoms with E-state index in [0.717, 1.165) is 24.0 Å². The van der Waals surface area contributed by atoms with Gasteiger partial charge in [0, 0.05) is 16.2 Å². The maximum Gasteiger partial charge on any atom is 0.333 e. The molecule has 3 heteroatoms. The lowest BCUT2D eigenvalue weighted by molar-refractivity contribution is -0.141. The quantitative estimate of drug-likeness (QED) is 0.439. The number of allylic oxidation sites excluding steroid dienone is 3. The molecule has 0 aliphatic heterocycles. The summed E-state index contributed by atoms with van der Waals surface area (Å²) in [6, 6.07) is 7.54. The van der Waals surface area contributed by atoms with Gasteiger partial charge in [-0.15, -0.1) is 0 Å². The number of esters is 1. The van der Waals surface area contributed by atoms with Gasteiger partial charge in [-0.2, -0.15) is 0 Å². The molecule has 0 heterocycles. The second-order valence-corrected chi connectivity index (χ2v) is 9.34. The Balaban J connectivity index is 2.09. The Bertz CT molecular complexity index is 811. The molecule has 0 bridgehead atoms. The van der Waals surface area contributed by atoms with Gasteiger partial charge in [-0.25, -0.2) is 4.79 Å². The van der Waals surface area contributed by atoms with Crippen molar-refractivity contribution in [3.8, 4) is 11.8 Å². The van der Waals surface area contributed by atoms with E-state index in [0.29, 0.717) is 18.1 Å². The molecule has 0 saturated carbocycles. The van der Waals surface area contributed by atoms with E-state index in [1.807, 2.05) is 36.4 Å². The molecule has 0 atom stereocenters. The average Bonchev–Trinajstić information content (AvgIpc) is 2.71.